The third-order valence-electron chi connectivity index (χ3n) is 11.7. The van der Waals surface area contributed by atoms with Crippen molar-refractivity contribution in [1.82, 2.24) is 10.2 Å². The Hall–Kier alpha value is -0.410. The second kappa shape index (κ2) is 10.3. The maximum absolute atomic E-state index is 12.0. The lowest BCUT2D eigenvalue weighted by Gasteiger charge is -2.61. The lowest BCUT2D eigenvalue weighted by Crippen LogP contribution is -2.55. The minimum absolute atomic E-state index is 0.461. The number of ketones is 1. The van der Waals surface area contributed by atoms with E-state index in [1.165, 1.54) is 57.8 Å². The predicted octanol–water partition coefficient (Wildman–Crippen LogP) is 6.56. The molecule has 0 heterocycles. The smallest absolute Gasteiger partial charge is 0.132 e. The summed E-state index contributed by atoms with van der Waals surface area (Å²) in [6.07, 6.45) is 15.7. The van der Waals surface area contributed by atoms with E-state index in [0.717, 1.165) is 61.6 Å². The minimum atomic E-state index is 0.461. The van der Waals surface area contributed by atoms with Crippen LogP contribution in [0.1, 0.15) is 105 Å². The van der Waals surface area contributed by atoms with E-state index in [4.69, 9.17) is 0 Å². The van der Waals surface area contributed by atoms with Crippen molar-refractivity contribution in [1.29, 1.82) is 0 Å². The molecular formula is C30H54N2O. The van der Waals surface area contributed by atoms with E-state index >= 15 is 0 Å². The SMILES string of the molecule is CCC(=O)CC[C@@H](C)[C@H]1CCC2C3CC[C@@H]4C[C@H](NCCN(C)C)CC[C@]4(C)C3CC[C@@]21C. The zero-order valence-corrected chi connectivity index (χ0v) is 22.8. The molecule has 0 bridgehead atoms. The highest BCUT2D eigenvalue weighted by molar-refractivity contribution is 5.77. The second-order valence-corrected chi connectivity index (χ2v) is 13.5. The number of carbonyl (C=O) groups excluding carboxylic acids is 1. The van der Waals surface area contributed by atoms with Crippen LogP contribution in [0.3, 0.4) is 0 Å². The standard InChI is InChI=1S/C30H54N2O/c1-7-24(33)10-8-21(2)26-12-13-27-25-11-9-22-20-23(31-18-19-32(5)6)14-16-29(22,3)28(25)15-17-30(26,27)4/h21-23,25-28,31H,7-20H2,1-6H3/t21-,22-,23-,25?,26-,27?,28?,29+,30-/m1/s1. The van der Waals surface area contributed by atoms with Gasteiger partial charge in [0.15, 0.2) is 0 Å². The van der Waals surface area contributed by atoms with Gasteiger partial charge in [-0.05, 0) is 125 Å². The highest BCUT2D eigenvalue weighted by Gasteiger charge is 2.60. The van der Waals surface area contributed by atoms with Crippen LogP contribution in [0, 0.1) is 46.3 Å². The molecule has 3 nitrogen and oxygen atoms in total. The van der Waals surface area contributed by atoms with Crippen LogP contribution < -0.4 is 5.32 Å². The molecule has 4 fully saturated rings. The Kier molecular flexibility index (Phi) is 8.01. The van der Waals surface area contributed by atoms with Crippen molar-refractivity contribution in [3.63, 3.8) is 0 Å². The predicted molar refractivity (Wildman–Crippen MR) is 139 cm³/mol. The highest BCUT2D eigenvalue weighted by atomic mass is 16.1. The van der Waals surface area contributed by atoms with Gasteiger partial charge in [-0.2, -0.15) is 0 Å². The molecule has 0 radical (unpaired) electrons. The molecule has 4 aliphatic carbocycles. The molecule has 4 saturated carbocycles. The van der Waals surface area contributed by atoms with Gasteiger partial charge in [-0.3, -0.25) is 4.79 Å². The molecule has 3 unspecified atom stereocenters. The topological polar surface area (TPSA) is 32.3 Å². The first-order chi connectivity index (χ1) is 15.7. The molecule has 0 aromatic heterocycles. The zero-order valence-electron chi connectivity index (χ0n) is 22.8. The maximum atomic E-state index is 12.0. The molecule has 33 heavy (non-hydrogen) atoms. The van der Waals surface area contributed by atoms with Crippen LogP contribution in [0.4, 0.5) is 0 Å². The van der Waals surface area contributed by atoms with Gasteiger partial charge in [0.1, 0.15) is 5.78 Å². The van der Waals surface area contributed by atoms with Crippen molar-refractivity contribution in [2.45, 2.75) is 111 Å². The summed E-state index contributed by atoms with van der Waals surface area (Å²) in [5.74, 6) is 5.83. The fraction of sp³-hybridized carbons (Fsp3) is 0.967. The van der Waals surface area contributed by atoms with Crippen LogP contribution in [0.15, 0.2) is 0 Å². The number of carbonyl (C=O) groups is 1. The Balaban J connectivity index is 1.39. The van der Waals surface area contributed by atoms with Gasteiger partial charge in [0.25, 0.3) is 0 Å². The Bertz CT molecular complexity index is 676. The molecule has 3 heteroatoms. The number of likely N-dealkylation sites (N-methyl/N-ethyl adjacent to an activating group) is 1. The van der Waals surface area contributed by atoms with Crippen LogP contribution >= 0.6 is 0 Å². The first-order valence-electron chi connectivity index (χ1n) is 14.6. The molecule has 1 N–H and O–H groups in total. The highest BCUT2D eigenvalue weighted by Crippen LogP contribution is 2.68. The third-order valence-corrected chi connectivity index (χ3v) is 11.7. The Labute approximate surface area is 205 Å². The number of nitrogens with zero attached hydrogens (tertiary/aromatic N) is 1. The number of nitrogens with one attached hydrogen (secondary N) is 1. The van der Waals surface area contributed by atoms with Gasteiger partial charge >= 0.3 is 0 Å². The quantitative estimate of drug-likeness (QED) is 0.424. The van der Waals surface area contributed by atoms with Crippen molar-refractivity contribution in [3.8, 4) is 0 Å². The lowest BCUT2D eigenvalue weighted by molar-refractivity contribution is -0.121. The number of Topliss-reactive ketones (excluding diaryl/α,β-unsaturated/α-hetero) is 1. The molecule has 4 rings (SSSR count). The number of hydrogen-bond donors (Lipinski definition) is 1. The fourth-order valence-electron chi connectivity index (χ4n) is 9.68. The summed E-state index contributed by atoms with van der Waals surface area (Å²) >= 11 is 0. The molecule has 4 aliphatic rings. The van der Waals surface area contributed by atoms with Crippen molar-refractivity contribution < 1.29 is 4.79 Å². The summed E-state index contributed by atoms with van der Waals surface area (Å²) < 4.78 is 0. The zero-order chi connectivity index (χ0) is 23.8. The summed E-state index contributed by atoms with van der Waals surface area (Å²) in [7, 11) is 4.35. The fourth-order valence-corrected chi connectivity index (χ4v) is 9.68. The van der Waals surface area contributed by atoms with Gasteiger partial charge in [0.05, 0.1) is 0 Å². The molecule has 190 valence electrons. The normalized spacial score (nSPS) is 43.6. The van der Waals surface area contributed by atoms with Crippen LogP contribution in [0.5, 0.6) is 0 Å². The maximum Gasteiger partial charge on any atom is 0.132 e. The van der Waals surface area contributed by atoms with Gasteiger partial charge < -0.3 is 10.2 Å². The van der Waals surface area contributed by atoms with Gasteiger partial charge in [-0.15, -0.1) is 0 Å². The van der Waals surface area contributed by atoms with E-state index in [1.54, 1.807) is 0 Å². The van der Waals surface area contributed by atoms with Crippen molar-refractivity contribution >= 4 is 5.78 Å². The van der Waals surface area contributed by atoms with Crippen molar-refractivity contribution in [3.05, 3.63) is 0 Å². The molecule has 9 atom stereocenters. The largest absolute Gasteiger partial charge is 0.313 e. The van der Waals surface area contributed by atoms with E-state index < -0.39 is 0 Å². The summed E-state index contributed by atoms with van der Waals surface area (Å²) in [5.41, 5.74) is 1.12. The van der Waals surface area contributed by atoms with Gasteiger partial charge in [-0.25, -0.2) is 0 Å². The molecular weight excluding hydrogens is 404 g/mol. The van der Waals surface area contributed by atoms with Crippen LogP contribution in [0.2, 0.25) is 0 Å². The van der Waals surface area contributed by atoms with Crippen LogP contribution in [-0.2, 0) is 4.79 Å². The number of fused-ring (bicyclic) bond motifs is 5. The van der Waals surface area contributed by atoms with Crippen LogP contribution in [0.25, 0.3) is 0 Å². The van der Waals surface area contributed by atoms with Gasteiger partial charge in [0, 0.05) is 32.0 Å². The summed E-state index contributed by atoms with van der Waals surface area (Å²) in [5, 5.41) is 3.89. The Morgan fingerprint density at radius 1 is 1.00 bits per heavy atom. The number of rotatable bonds is 9. The average molecular weight is 459 g/mol. The molecule has 0 aromatic carbocycles. The van der Waals surface area contributed by atoms with Crippen molar-refractivity contribution in [2.75, 3.05) is 27.2 Å². The third kappa shape index (κ3) is 4.97. The van der Waals surface area contributed by atoms with E-state index in [0.29, 0.717) is 29.0 Å². The van der Waals surface area contributed by atoms with Gasteiger partial charge in [-0.1, -0.05) is 27.7 Å². The molecule has 0 aliphatic heterocycles. The van der Waals surface area contributed by atoms with Crippen molar-refractivity contribution in [2.24, 2.45) is 46.3 Å². The van der Waals surface area contributed by atoms with E-state index in [-0.39, 0.29) is 0 Å². The summed E-state index contributed by atoms with van der Waals surface area (Å²) in [4.78, 5) is 14.2. The summed E-state index contributed by atoms with van der Waals surface area (Å²) in [6, 6.07) is 0.746. The number of hydrogen-bond acceptors (Lipinski definition) is 3. The van der Waals surface area contributed by atoms with Gasteiger partial charge in [0.2, 0.25) is 0 Å². The van der Waals surface area contributed by atoms with E-state index in [1.807, 2.05) is 6.92 Å². The lowest BCUT2D eigenvalue weighted by atomic mass is 9.44. The first-order valence-corrected chi connectivity index (χ1v) is 14.6. The molecule has 0 spiro atoms. The molecule has 0 amide bonds. The van der Waals surface area contributed by atoms with Crippen LogP contribution in [-0.4, -0.2) is 43.9 Å². The Morgan fingerprint density at radius 2 is 1.73 bits per heavy atom. The molecule has 0 saturated heterocycles. The first kappa shape index (κ1) is 25.7. The Morgan fingerprint density at radius 3 is 2.45 bits per heavy atom. The summed E-state index contributed by atoms with van der Waals surface area (Å²) in [6.45, 7) is 12.1. The average Bonchev–Trinajstić information content (AvgIpc) is 3.14. The second-order valence-electron chi connectivity index (χ2n) is 13.5. The van der Waals surface area contributed by atoms with E-state index in [9.17, 15) is 4.79 Å². The van der Waals surface area contributed by atoms with E-state index in [2.05, 4.69) is 45.1 Å². The molecule has 0 aromatic rings. The minimum Gasteiger partial charge on any atom is -0.313 e. The monoisotopic (exact) mass is 458 g/mol.